The Morgan fingerprint density at radius 1 is 1.50 bits per heavy atom. The molecule has 1 saturated heterocycles. The summed E-state index contributed by atoms with van der Waals surface area (Å²) in [5.41, 5.74) is 5.95. The summed E-state index contributed by atoms with van der Waals surface area (Å²) in [5, 5.41) is 0. The Hall–Kier alpha value is -0.730. The van der Waals surface area contributed by atoms with Crippen LogP contribution in [0.1, 0.15) is 40.0 Å². The molecule has 1 rings (SSSR count). The third-order valence-electron chi connectivity index (χ3n) is 2.93. The van der Waals surface area contributed by atoms with Crippen LogP contribution in [0.4, 0.5) is 0 Å². The molecule has 1 fully saturated rings. The van der Waals surface area contributed by atoms with Gasteiger partial charge in [-0.3, -0.25) is 4.99 Å². The summed E-state index contributed by atoms with van der Waals surface area (Å²) >= 11 is 0. The maximum Gasteiger partial charge on any atom is 0.191 e. The van der Waals surface area contributed by atoms with Gasteiger partial charge in [0.05, 0.1) is 0 Å². The summed E-state index contributed by atoms with van der Waals surface area (Å²) < 4.78 is 0. The number of rotatable bonds is 2. The first-order chi connectivity index (χ1) is 6.65. The molecule has 0 aromatic carbocycles. The normalized spacial score (nSPS) is 29.4. The molecule has 3 nitrogen and oxygen atoms in total. The number of nitrogens with two attached hydrogens (primary N) is 1. The van der Waals surface area contributed by atoms with E-state index in [2.05, 4.69) is 30.7 Å². The minimum Gasteiger partial charge on any atom is -0.370 e. The zero-order valence-electron chi connectivity index (χ0n) is 9.66. The quantitative estimate of drug-likeness (QED) is 0.542. The molecule has 0 amide bonds. The second-order valence-corrected chi connectivity index (χ2v) is 4.41. The van der Waals surface area contributed by atoms with Gasteiger partial charge >= 0.3 is 0 Å². The van der Waals surface area contributed by atoms with Crippen molar-refractivity contribution >= 4 is 5.96 Å². The summed E-state index contributed by atoms with van der Waals surface area (Å²) in [7, 11) is 0. The molecule has 0 bridgehead atoms. The van der Waals surface area contributed by atoms with Crippen molar-refractivity contribution in [2.24, 2.45) is 16.6 Å². The van der Waals surface area contributed by atoms with Crippen LogP contribution in [0.25, 0.3) is 0 Å². The fourth-order valence-corrected chi connectivity index (χ4v) is 2.06. The van der Waals surface area contributed by atoms with E-state index in [1.165, 1.54) is 12.8 Å². The van der Waals surface area contributed by atoms with Gasteiger partial charge < -0.3 is 10.6 Å². The smallest absolute Gasteiger partial charge is 0.191 e. The Labute approximate surface area is 87.4 Å². The highest BCUT2D eigenvalue weighted by Crippen LogP contribution is 2.21. The second-order valence-electron chi connectivity index (χ2n) is 4.41. The lowest BCUT2D eigenvalue weighted by Crippen LogP contribution is -2.47. The first kappa shape index (κ1) is 11.3. The molecule has 0 spiro atoms. The second kappa shape index (κ2) is 5.23. The Morgan fingerprint density at radius 3 is 2.79 bits per heavy atom. The average Bonchev–Trinajstić information content (AvgIpc) is 2.14. The zero-order valence-corrected chi connectivity index (χ0v) is 9.66. The fourth-order valence-electron chi connectivity index (χ4n) is 2.06. The van der Waals surface area contributed by atoms with Crippen molar-refractivity contribution in [3.05, 3.63) is 0 Å². The van der Waals surface area contributed by atoms with Crippen molar-refractivity contribution in [1.82, 2.24) is 4.90 Å². The van der Waals surface area contributed by atoms with E-state index in [0.717, 1.165) is 31.4 Å². The molecule has 1 heterocycles. The molecule has 2 unspecified atom stereocenters. The Balaban J connectivity index is 2.50. The van der Waals surface area contributed by atoms with E-state index in [1.54, 1.807) is 0 Å². The highest BCUT2D eigenvalue weighted by atomic mass is 15.3. The minimum absolute atomic E-state index is 0.555. The molecular weight excluding hydrogens is 174 g/mol. The minimum atomic E-state index is 0.555. The predicted molar refractivity (Wildman–Crippen MR) is 61.3 cm³/mol. The summed E-state index contributed by atoms with van der Waals surface area (Å²) in [6.45, 7) is 8.60. The van der Waals surface area contributed by atoms with Crippen LogP contribution in [0.3, 0.4) is 0 Å². The van der Waals surface area contributed by atoms with E-state index in [-0.39, 0.29) is 0 Å². The van der Waals surface area contributed by atoms with Crippen molar-refractivity contribution in [3.8, 4) is 0 Å². The maximum absolute atomic E-state index is 5.95. The highest BCUT2D eigenvalue weighted by Gasteiger charge is 2.23. The molecule has 82 valence electrons. The molecule has 1 aliphatic rings. The maximum atomic E-state index is 5.95. The molecule has 1 aliphatic heterocycles. The van der Waals surface area contributed by atoms with Crippen molar-refractivity contribution < 1.29 is 0 Å². The number of aliphatic imine (C=N–C) groups is 1. The van der Waals surface area contributed by atoms with Gasteiger partial charge in [0, 0.05) is 19.1 Å². The summed E-state index contributed by atoms with van der Waals surface area (Å²) in [6, 6.07) is 0.555. The van der Waals surface area contributed by atoms with Crippen LogP contribution in [0.15, 0.2) is 4.99 Å². The first-order valence-electron chi connectivity index (χ1n) is 5.71. The lowest BCUT2D eigenvalue weighted by atomic mass is 9.94. The van der Waals surface area contributed by atoms with Gasteiger partial charge in [-0.2, -0.15) is 0 Å². The average molecular weight is 197 g/mol. The topological polar surface area (TPSA) is 41.6 Å². The van der Waals surface area contributed by atoms with Gasteiger partial charge in [0.15, 0.2) is 5.96 Å². The van der Waals surface area contributed by atoms with Gasteiger partial charge in [-0.25, -0.2) is 0 Å². The van der Waals surface area contributed by atoms with Gasteiger partial charge in [-0.15, -0.1) is 0 Å². The molecule has 14 heavy (non-hydrogen) atoms. The largest absolute Gasteiger partial charge is 0.370 e. The first-order valence-corrected chi connectivity index (χ1v) is 5.71. The molecule has 0 aliphatic carbocycles. The lowest BCUT2D eigenvalue weighted by molar-refractivity contribution is 0.207. The van der Waals surface area contributed by atoms with E-state index in [9.17, 15) is 0 Å². The highest BCUT2D eigenvalue weighted by molar-refractivity contribution is 5.78. The van der Waals surface area contributed by atoms with E-state index in [4.69, 9.17) is 5.73 Å². The molecule has 0 aromatic heterocycles. The van der Waals surface area contributed by atoms with Crippen molar-refractivity contribution in [2.75, 3.05) is 13.1 Å². The van der Waals surface area contributed by atoms with E-state index >= 15 is 0 Å². The van der Waals surface area contributed by atoms with Crippen LogP contribution in [0.2, 0.25) is 0 Å². The van der Waals surface area contributed by atoms with Crippen molar-refractivity contribution in [2.45, 2.75) is 46.1 Å². The molecule has 0 aromatic rings. The number of hydrogen-bond donors (Lipinski definition) is 1. The van der Waals surface area contributed by atoms with Crippen molar-refractivity contribution in [3.63, 3.8) is 0 Å². The fraction of sp³-hybridized carbons (Fsp3) is 0.909. The monoisotopic (exact) mass is 197 g/mol. The summed E-state index contributed by atoms with van der Waals surface area (Å²) in [4.78, 5) is 6.61. The Kier molecular flexibility index (Phi) is 4.23. The molecule has 0 radical (unpaired) electrons. The molecule has 0 saturated carbocycles. The predicted octanol–water partition coefficient (Wildman–Crippen LogP) is 1.83. The third-order valence-corrected chi connectivity index (χ3v) is 2.93. The van der Waals surface area contributed by atoms with Crippen LogP contribution in [0.5, 0.6) is 0 Å². The SMILES string of the molecule is CCCN=C(N)N1CCC(C)CC1C. The molecule has 3 heteroatoms. The standard InChI is InChI=1S/C11H23N3/c1-4-6-13-11(12)14-7-5-9(2)8-10(14)3/h9-10H,4-8H2,1-3H3,(H2,12,13). The van der Waals surface area contributed by atoms with Gasteiger partial charge in [-0.05, 0) is 32.1 Å². The lowest BCUT2D eigenvalue weighted by Gasteiger charge is -2.37. The number of nitrogens with zero attached hydrogens (tertiary/aromatic N) is 2. The van der Waals surface area contributed by atoms with Gasteiger partial charge in [0.1, 0.15) is 0 Å². The summed E-state index contributed by atoms with van der Waals surface area (Å²) in [5.74, 6) is 1.58. The molecular formula is C11H23N3. The zero-order chi connectivity index (χ0) is 10.6. The number of guanidine groups is 1. The number of hydrogen-bond acceptors (Lipinski definition) is 1. The van der Waals surface area contributed by atoms with E-state index in [1.807, 2.05) is 0 Å². The van der Waals surface area contributed by atoms with Gasteiger partial charge in [-0.1, -0.05) is 13.8 Å². The Morgan fingerprint density at radius 2 is 2.21 bits per heavy atom. The van der Waals surface area contributed by atoms with Crippen LogP contribution in [0, 0.1) is 5.92 Å². The molecule has 2 atom stereocenters. The number of piperidine rings is 1. The van der Waals surface area contributed by atoms with Crippen LogP contribution >= 0.6 is 0 Å². The van der Waals surface area contributed by atoms with Crippen LogP contribution in [-0.2, 0) is 0 Å². The van der Waals surface area contributed by atoms with E-state index < -0.39 is 0 Å². The molecule has 2 N–H and O–H groups in total. The third kappa shape index (κ3) is 2.89. The Bertz CT molecular complexity index is 201. The van der Waals surface area contributed by atoms with Gasteiger partial charge in [0.2, 0.25) is 0 Å². The van der Waals surface area contributed by atoms with Crippen LogP contribution < -0.4 is 5.73 Å². The summed E-state index contributed by atoms with van der Waals surface area (Å²) in [6.07, 6.45) is 3.55. The van der Waals surface area contributed by atoms with Gasteiger partial charge in [0.25, 0.3) is 0 Å². The van der Waals surface area contributed by atoms with Crippen LogP contribution in [-0.4, -0.2) is 30.0 Å². The van der Waals surface area contributed by atoms with Crippen molar-refractivity contribution in [1.29, 1.82) is 0 Å². The number of likely N-dealkylation sites (tertiary alicyclic amines) is 1. The van der Waals surface area contributed by atoms with E-state index in [0.29, 0.717) is 6.04 Å².